The Morgan fingerprint density at radius 1 is 1.40 bits per heavy atom. The zero-order chi connectivity index (χ0) is 7.41. The molecule has 0 amide bonds. The molecule has 0 aromatic carbocycles. The van der Waals surface area contributed by atoms with Crippen LogP contribution in [-0.2, 0) is 0 Å². The van der Waals surface area contributed by atoms with E-state index < -0.39 is 0 Å². The minimum atomic E-state index is 0.480. The molecule has 2 atom stereocenters. The highest BCUT2D eigenvalue weighted by Crippen LogP contribution is 2.59. The fourth-order valence-electron chi connectivity index (χ4n) is 2.55. The molecule has 0 spiro atoms. The van der Waals surface area contributed by atoms with Gasteiger partial charge in [-0.15, -0.1) is 0 Å². The Kier molecular flexibility index (Phi) is 1.05. The van der Waals surface area contributed by atoms with Crippen molar-refractivity contribution in [3.8, 4) is 0 Å². The van der Waals surface area contributed by atoms with E-state index in [-0.39, 0.29) is 0 Å². The van der Waals surface area contributed by atoms with Gasteiger partial charge in [0.05, 0.1) is 0 Å². The van der Waals surface area contributed by atoms with Crippen LogP contribution in [0.15, 0.2) is 0 Å². The summed E-state index contributed by atoms with van der Waals surface area (Å²) in [6, 6.07) is 0. The Balaban J connectivity index is 2.18. The fraction of sp³-hybridized carbons (Fsp3) is 1.00. The van der Waals surface area contributed by atoms with Gasteiger partial charge in [-0.3, -0.25) is 0 Å². The topological polar surface area (TPSA) is 12.0 Å². The first kappa shape index (κ1) is 6.66. The van der Waals surface area contributed by atoms with E-state index in [0.717, 1.165) is 5.92 Å². The first-order valence-electron chi connectivity index (χ1n) is 4.31. The number of hydrogen-bond donors (Lipinski definition) is 1. The first-order valence-corrected chi connectivity index (χ1v) is 4.31. The summed E-state index contributed by atoms with van der Waals surface area (Å²) in [6.45, 7) is 8.31. The predicted octanol–water partition coefficient (Wildman–Crippen LogP) is 1.78. The van der Waals surface area contributed by atoms with Gasteiger partial charge < -0.3 is 5.32 Å². The lowest BCUT2D eigenvalue weighted by Gasteiger charge is -2.30. The molecule has 58 valence electrons. The van der Waals surface area contributed by atoms with Crippen LogP contribution in [0.4, 0.5) is 0 Å². The average molecular weight is 139 g/mol. The zero-order valence-electron chi connectivity index (χ0n) is 7.20. The van der Waals surface area contributed by atoms with Gasteiger partial charge in [-0.25, -0.2) is 0 Å². The summed E-state index contributed by atoms with van der Waals surface area (Å²) in [5.41, 5.74) is 1.03. The average Bonchev–Trinajstić information content (AvgIpc) is 2.36. The Hall–Kier alpha value is -0.0400. The highest BCUT2D eigenvalue weighted by molar-refractivity contribution is 5.19. The number of rotatable bonds is 0. The van der Waals surface area contributed by atoms with Crippen molar-refractivity contribution in [2.24, 2.45) is 11.3 Å². The van der Waals surface area contributed by atoms with Crippen molar-refractivity contribution in [3.63, 3.8) is 0 Å². The lowest BCUT2D eigenvalue weighted by atomic mass is 9.83. The molecule has 1 saturated carbocycles. The summed E-state index contributed by atoms with van der Waals surface area (Å²) in [6.07, 6.45) is 2.84. The van der Waals surface area contributed by atoms with Gasteiger partial charge in [0, 0.05) is 5.54 Å². The smallest absolute Gasteiger partial charge is 0.0262 e. The monoisotopic (exact) mass is 139 g/mol. The molecule has 1 saturated heterocycles. The van der Waals surface area contributed by atoms with Crippen LogP contribution in [-0.4, -0.2) is 12.1 Å². The SMILES string of the molecule is CC(C)(C)C12CC1CCN2. The van der Waals surface area contributed by atoms with E-state index in [4.69, 9.17) is 0 Å². The first-order chi connectivity index (χ1) is 4.56. The minimum Gasteiger partial charge on any atom is -0.310 e. The Morgan fingerprint density at radius 3 is 2.30 bits per heavy atom. The third kappa shape index (κ3) is 0.619. The lowest BCUT2D eigenvalue weighted by molar-refractivity contribution is 0.258. The van der Waals surface area contributed by atoms with Crippen LogP contribution in [0.25, 0.3) is 0 Å². The van der Waals surface area contributed by atoms with E-state index >= 15 is 0 Å². The van der Waals surface area contributed by atoms with Crippen molar-refractivity contribution < 1.29 is 0 Å². The summed E-state index contributed by atoms with van der Waals surface area (Å²) >= 11 is 0. The number of hydrogen-bond acceptors (Lipinski definition) is 1. The van der Waals surface area contributed by atoms with Gasteiger partial charge in [-0.2, -0.15) is 0 Å². The molecule has 2 aliphatic rings. The Labute approximate surface area is 63.2 Å². The van der Waals surface area contributed by atoms with Gasteiger partial charge >= 0.3 is 0 Å². The maximum atomic E-state index is 3.65. The Bertz CT molecular complexity index is 157. The van der Waals surface area contributed by atoms with Crippen molar-refractivity contribution in [2.75, 3.05) is 6.54 Å². The number of piperidine rings is 1. The van der Waals surface area contributed by atoms with Crippen LogP contribution in [0.2, 0.25) is 0 Å². The summed E-state index contributed by atoms with van der Waals surface area (Å²) in [4.78, 5) is 0. The van der Waals surface area contributed by atoms with Crippen LogP contribution < -0.4 is 5.32 Å². The zero-order valence-corrected chi connectivity index (χ0v) is 7.20. The molecule has 2 fully saturated rings. The van der Waals surface area contributed by atoms with E-state index in [0.29, 0.717) is 11.0 Å². The maximum Gasteiger partial charge on any atom is 0.0262 e. The van der Waals surface area contributed by atoms with Crippen molar-refractivity contribution in [1.82, 2.24) is 5.32 Å². The van der Waals surface area contributed by atoms with E-state index in [2.05, 4.69) is 26.1 Å². The standard InChI is InChI=1S/C9H17N/c1-8(2,3)9-6-7(9)4-5-10-9/h7,10H,4-6H2,1-3H3. The highest BCUT2D eigenvalue weighted by atomic mass is 15.1. The summed E-state index contributed by atoms with van der Waals surface area (Å²) in [5.74, 6) is 1.01. The molecule has 0 aromatic rings. The van der Waals surface area contributed by atoms with Crippen LogP contribution in [0.3, 0.4) is 0 Å². The normalized spacial score (nSPS) is 45.3. The van der Waals surface area contributed by atoms with Crippen LogP contribution in [0.5, 0.6) is 0 Å². The Morgan fingerprint density at radius 2 is 2.10 bits per heavy atom. The second-order valence-corrected chi connectivity index (χ2v) is 4.84. The molecular formula is C9H17N. The maximum absolute atomic E-state index is 3.65. The largest absolute Gasteiger partial charge is 0.310 e. The van der Waals surface area contributed by atoms with Crippen LogP contribution >= 0.6 is 0 Å². The van der Waals surface area contributed by atoms with E-state index in [1.807, 2.05) is 0 Å². The second kappa shape index (κ2) is 1.58. The van der Waals surface area contributed by atoms with Gasteiger partial charge in [0.25, 0.3) is 0 Å². The lowest BCUT2D eigenvalue weighted by Crippen LogP contribution is -2.40. The van der Waals surface area contributed by atoms with E-state index in [9.17, 15) is 0 Å². The summed E-state index contributed by atoms with van der Waals surface area (Å²) in [5, 5.41) is 3.65. The van der Waals surface area contributed by atoms with Crippen molar-refractivity contribution >= 4 is 0 Å². The fourth-order valence-corrected chi connectivity index (χ4v) is 2.55. The molecule has 1 aliphatic carbocycles. The van der Waals surface area contributed by atoms with Crippen molar-refractivity contribution in [3.05, 3.63) is 0 Å². The molecule has 1 N–H and O–H groups in total. The molecule has 2 unspecified atom stereocenters. The minimum absolute atomic E-state index is 0.480. The van der Waals surface area contributed by atoms with Crippen molar-refractivity contribution in [2.45, 2.75) is 39.2 Å². The molecular weight excluding hydrogens is 122 g/mol. The number of fused-ring (bicyclic) bond motifs is 1. The number of nitrogens with one attached hydrogen (secondary N) is 1. The predicted molar refractivity (Wildman–Crippen MR) is 42.9 cm³/mol. The molecule has 0 bridgehead atoms. The molecule has 1 nitrogen and oxygen atoms in total. The van der Waals surface area contributed by atoms with Crippen LogP contribution in [0, 0.1) is 11.3 Å². The molecule has 1 aliphatic heterocycles. The highest BCUT2D eigenvalue weighted by Gasteiger charge is 2.62. The van der Waals surface area contributed by atoms with Crippen LogP contribution in [0.1, 0.15) is 33.6 Å². The second-order valence-electron chi connectivity index (χ2n) is 4.84. The molecule has 1 heteroatoms. The molecule has 1 heterocycles. The molecule has 0 radical (unpaired) electrons. The van der Waals surface area contributed by atoms with Gasteiger partial charge in [0.15, 0.2) is 0 Å². The summed E-state index contributed by atoms with van der Waals surface area (Å²) in [7, 11) is 0. The summed E-state index contributed by atoms with van der Waals surface area (Å²) < 4.78 is 0. The third-order valence-electron chi connectivity index (χ3n) is 3.38. The van der Waals surface area contributed by atoms with Gasteiger partial charge in [-0.1, -0.05) is 20.8 Å². The molecule has 2 rings (SSSR count). The van der Waals surface area contributed by atoms with E-state index in [1.165, 1.54) is 19.4 Å². The van der Waals surface area contributed by atoms with Crippen molar-refractivity contribution in [1.29, 1.82) is 0 Å². The van der Waals surface area contributed by atoms with Gasteiger partial charge in [0.1, 0.15) is 0 Å². The van der Waals surface area contributed by atoms with Gasteiger partial charge in [-0.05, 0) is 30.7 Å². The van der Waals surface area contributed by atoms with E-state index in [1.54, 1.807) is 0 Å². The third-order valence-corrected chi connectivity index (χ3v) is 3.38. The molecule has 0 aromatic heterocycles. The van der Waals surface area contributed by atoms with Gasteiger partial charge in [0.2, 0.25) is 0 Å². The quantitative estimate of drug-likeness (QED) is 0.539. The molecule has 10 heavy (non-hydrogen) atoms.